The van der Waals surface area contributed by atoms with E-state index < -0.39 is 0 Å². The molecule has 0 saturated heterocycles. The Hall–Kier alpha value is -1.28. The van der Waals surface area contributed by atoms with Gasteiger partial charge in [-0.1, -0.05) is 39.0 Å². The smallest absolute Gasteiger partial charge is 0.119 e. The van der Waals surface area contributed by atoms with Gasteiger partial charge in [0.2, 0.25) is 0 Å². The zero-order valence-electron chi connectivity index (χ0n) is 13.2. The molecule has 1 nitrogen and oxygen atoms in total. The van der Waals surface area contributed by atoms with Crippen LogP contribution >= 0.6 is 11.3 Å². The maximum absolute atomic E-state index is 5.81. The zero-order valence-corrected chi connectivity index (χ0v) is 14.0. The summed E-state index contributed by atoms with van der Waals surface area (Å²) < 4.78 is 5.81. The van der Waals surface area contributed by atoms with Crippen LogP contribution in [-0.2, 0) is 0 Å². The van der Waals surface area contributed by atoms with Gasteiger partial charge < -0.3 is 4.74 Å². The molecule has 0 bridgehead atoms. The predicted molar refractivity (Wildman–Crippen MR) is 93.4 cm³/mol. The second-order valence-electron chi connectivity index (χ2n) is 5.55. The van der Waals surface area contributed by atoms with E-state index in [0.717, 1.165) is 18.8 Å². The number of ether oxygens (including phenoxy) is 1. The number of benzene rings is 1. The highest BCUT2D eigenvalue weighted by molar-refractivity contribution is 7.15. The molecule has 0 aliphatic carbocycles. The molecule has 1 aromatic carbocycles. The summed E-state index contributed by atoms with van der Waals surface area (Å²) in [7, 11) is 0. The Labute approximate surface area is 133 Å². The van der Waals surface area contributed by atoms with Gasteiger partial charge in [-0.2, -0.15) is 0 Å². The van der Waals surface area contributed by atoms with E-state index in [1.807, 2.05) is 11.3 Å². The topological polar surface area (TPSA) is 9.23 Å². The second kappa shape index (κ2) is 8.89. The van der Waals surface area contributed by atoms with Crippen LogP contribution in [0.25, 0.3) is 10.4 Å². The maximum atomic E-state index is 5.81. The fraction of sp³-hybridized carbons (Fsp3) is 0.474. The van der Waals surface area contributed by atoms with Gasteiger partial charge in [0.25, 0.3) is 0 Å². The molecule has 2 aromatic rings. The van der Waals surface area contributed by atoms with Crippen molar-refractivity contribution in [3.63, 3.8) is 0 Å². The molecule has 0 spiro atoms. The lowest BCUT2D eigenvalue weighted by atomic mass is 10.1. The molecule has 0 aliphatic heterocycles. The molecule has 0 aliphatic rings. The molecular formula is C19H26OS. The Morgan fingerprint density at radius 1 is 0.857 bits per heavy atom. The number of rotatable bonds is 9. The molecule has 2 rings (SSSR count). The van der Waals surface area contributed by atoms with Crippen molar-refractivity contribution in [3.8, 4) is 16.2 Å². The number of hydrogen-bond acceptors (Lipinski definition) is 2. The van der Waals surface area contributed by atoms with E-state index in [0.29, 0.717) is 0 Å². The van der Waals surface area contributed by atoms with Gasteiger partial charge in [-0.25, -0.2) is 0 Å². The van der Waals surface area contributed by atoms with Crippen LogP contribution in [0.5, 0.6) is 5.75 Å². The van der Waals surface area contributed by atoms with Gasteiger partial charge >= 0.3 is 0 Å². The van der Waals surface area contributed by atoms with E-state index in [9.17, 15) is 0 Å². The van der Waals surface area contributed by atoms with Crippen LogP contribution in [0.4, 0.5) is 0 Å². The van der Waals surface area contributed by atoms with Crippen molar-refractivity contribution < 1.29 is 4.74 Å². The Balaban J connectivity index is 1.70. The third-order valence-electron chi connectivity index (χ3n) is 3.65. The van der Waals surface area contributed by atoms with Gasteiger partial charge in [-0.3, -0.25) is 0 Å². The van der Waals surface area contributed by atoms with Crippen molar-refractivity contribution in [1.29, 1.82) is 0 Å². The highest BCUT2D eigenvalue weighted by atomic mass is 32.1. The summed E-state index contributed by atoms with van der Waals surface area (Å²) in [5, 5.41) is 0. The molecular weight excluding hydrogens is 276 g/mol. The summed E-state index contributed by atoms with van der Waals surface area (Å²) in [5.41, 5.74) is 1.28. The van der Waals surface area contributed by atoms with Crippen molar-refractivity contribution in [2.24, 2.45) is 0 Å². The molecule has 114 valence electrons. The SMILES string of the molecule is CCCCCCCCOc1ccc(-c2ccc(C)s2)cc1. The zero-order chi connectivity index (χ0) is 14.9. The van der Waals surface area contributed by atoms with Crippen molar-refractivity contribution in [2.45, 2.75) is 52.4 Å². The van der Waals surface area contributed by atoms with E-state index in [4.69, 9.17) is 4.74 Å². The van der Waals surface area contributed by atoms with Crippen molar-refractivity contribution in [1.82, 2.24) is 0 Å². The molecule has 0 atom stereocenters. The van der Waals surface area contributed by atoms with Crippen LogP contribution in [0.2, 0.25) is 0 Å². The molecule has 1 aromatic heterocycles. The van der Waals surface area contributed by atoms with Crippen molar-refractivity contribution in [2.75, 3.05) is 6.61 Å². The van der Waals surface area contributed by atoms with E-state index in [1.54, 1.807) is 0 Å². The maximum Gasteiger partial charge on any atom is 0.119 e. The van der Waals surface area contributed by atoms with Gasteiger partial charge in [0.15, 0.2) is 0 Å². The van der Waals surface area contributed by atoms with Crippen LogP contribution in [0.3, 0.4) is 0 Å². The Bertz CT molecular complexity index is 513. The first kappa shape index (κ1) is 16.1. The largest absolute Gasteiger partial charge is 0.494 e. The highest BCUT2D eigenvalue weighted by Crippen LogP contribution is 2.28. The minimum absolute atomic E-state index is 0.837. The fourth-order valence-corrected chi connectivity index (χ4v) is 3.25. The van der Waals surface area contributed by atoms with E-state index >= 15 is 0 Å². The molecule has 0 unspecified atom stereocenters. The number of unbranched alkanes of at least 4 members (excludes halogenated alkanes) is 5. The summed E-state index contributed by atoms with van der Waals surface area (Å²) in [6.07, 6.45) is 7.83. The van der Waals surface area contributed by atoms with Crippen molar-refractivity contribution in [3.05, 3.63) is 41.3 Å². The molecule has 2 heteroatoms. The summed E-state index contributed by atoms with van der Waals surface area (Å²) in [6, 6.07) is 12.8. The standard InChI is InChI=1S/C19H26OS/c1-3-4-5-6-7-8-15-20-18-12-10-17(11-13-18)19-14-9-16(2)21-19/h9-14H,3-8,15H2,1-2H3. The monoisotopic (exact) mass is 302 g/mol. The minimum atomic E-state index is 0.837. The quantitative estimate of drug-likeness (QED) is 0.483. The first-order chi connectivity index (χ1) is 10.3. The van der Waals surface area contributed by atoms with Crippen LogP contribution in [0, 0.1) is 6.92 Å². The average Bonchev–Trinajstić information content (AvgIpc) is 2.93. The number of aryl methyl sites for hydroxylation is 1. The summed E-state index contributed by atoms with van der Waals surface area (Å²) in [5.74, 6) is 0.987. The third-order valence-corrected chi connectivity index (χ3v) is 4.70. The lowest BCUT2D eigenvalue weighted by Gasteiger charge is -2.07. The molecule has 0 amide bonds. The molecule has 0 fully saturated rings. The summed E-state index contributed by atoms with van der Waals surface area (Å²) in [6.45, 7) is 5.24. The van der Waals surface area contributed by atoms with Gasteiger partial charge in [-0.05, 0) is 55.3 Å². The minimum Gasteiger partial charge on any atom is -0.494 e. The van der Waals surface area contributed by atoms with Gasteiger partial charge in [0, 0.05) is 9.75 Å². The van der Waals surface area contributed by atoms with Crippen LogP contribution < -0.4 is 4.74 Å². The highest BCUT2D eigenvalue weighted by Gasteiger charge is 2.01. The first-order valence-electron chi connectivity index (χ1n) is 8.09. The molecule has 21 heavy (non-hydrogen) atoms. The second-order valence-corrected chi connectivity index (χ2v) is 6.84. The molecule has 1 heterocycles. The summed E-state index contributed by atoms with van der Waals surface area (Å²) in [4.78, 5) is 2.68. The van der Waals surface area contributed by atoms with Gasteiger partial charge in [0.1, 0.15) is 5.75 Å². The van der Waals surface area contributed by atoms with Crippen molar-refractivity contribution >= 4 is 11.3 Å². The number of thiophene rings is 1. The first-order valence-corrected chi connectivity index (χ1v) is 8.91. The van der Waals surface area contributed by atoms with E-state index in [2.05, 4.69) is 50.2 Å². The van der Waals surface area contributed by atoms with Gasteiger partial charge in [0.05, 0.1) is 6.61 Å². The molecule has 0 N–H and O–H groups in total. The van der Waals surface area contributed by atoms with E-state index in [1.165, 1.54) is 47.4 Å². The van der Waals surface area contributed by atoms with Gasteiger partial charge in [-0.15, -0.1) is 11.3 Å². The fourth-order valence-electron chi connectivity index (χ4n) is 2.38. The summed E-state index contributed by atoms with van der Waals surface area (Å²) >= 11 is 1.84. The van der Waals surface area contributed by atoms with Crippen LogP contribution in [-0.4, -0.2) is 6.61 Å². The van der Waals surface area contributed by atoms with Crippen LogP contribution in [0.15, 0.2) is 36.4 Å². The lowest BCUT2D eigenvalue weighted by molar-refractivity contribution is 0.304. The average molecular weight is 302 g/mol. The number of hydrogen-bond donors (Lipinski definition) is 0. The Morgan fingerprint density at radius 2 is 1.57 bits per heavy atom. The normalized spacial score (nSPS) is 10.8. The Morgan fingerprint density at radius 3 is 2.24 bits per heavy atom. The molecule has 0 radical (unpaired) electrons. The Kier molecular flexibility index (Phi) is 6.81. The lowest BCUT2D eigenvalue weighted by Crippen LogP contribution is -1.97. The third kappa shape index (κ3) is 5.55. The predicted octanol–water partition coefficient (Wildman–Crippen LogP) is 6.46. The van der Waals surface area contributed by atoms with E-state index in [-0.39, 0.29) is 0 Å². The molecule has 0 saturated carbocycles. The van der Waals surface area contributed by atoms with Crippen LogP contribution in [0.1, 0.15) is 50.3 Å².